The SMILES string of the molecule is COCCCNCC(C)OCc1cccc(Cl)c1. The van der Waals surface area contributed by atoms with Gasteiger partial charge < -0.3 is 14.8 Å². The second-order valence-electron chi connectivity index (χ2n) is 4.30. The van der Waals surface area contributed by atoms with Crippen LogP contribution < -0.4 is 5.32 Å². The Morgan fingerprint density at radius 3 is 2.94 bits per heavy atom. The molecule has 0 radical (unpaired) electrons. The van der Waals surface area contributed by atoms with Crippen LogP contribution in [0, 0.1) is 0 Å². The van der Waals surface area contributed by atoms with E-state index in [-0.39, 0.29) is 6.10 Å². The predicted octanol–water partition coefficient (Wildman–Crippen LogP) is 2.87. The van der Waals surface area contributed by atoms with E-state index in [1.54, 1.807) is 7.11 Å². The molecule has 1 atom stereocenters. The highest BCUT2D eigenvalue weighted by Gasteiger charge is 2.02. The summed E-state index contributed by atoms with van der Waals surface area (Å²) in [4.78, 5) is 0. The summed E-state index contributed by atoms with van der Waals surface area (Å²) in [5.74, 6) is 0. The zero-order valence-corrected chi connectivity index (χ0v) is 11.9. The van der Waals surface area contributed by atoms with Crippen molar-refractivity contribution in [3.05, 3.63) is 34.9 Å². The van der Waals surface area contributed by atoms with Crippen molar-refractivity contribution in [1.29, 1.82) is 0 Å². The lowest BCUT2D eigenvalue weighted by atomic mass is 10.2. The van der Waals surface area contributed by atoms with Crippen molar-refractivity contribution in [2.45, 2.75) is 26.1 Å². The lowest BCUT2D eigenvalue weighted by Crippen LogP contribution is -2.28. The molecule has 0 aliphatic rings. The predicted molar refractivity (Wildman–Crippen MR) is 75.1 cm³/mol. The number of benzene rings is 1. The van der Waals surface area contributed by atoms with E-state index in [0.29, 0.717) is 6.61 Å². The number of nitrogens with one attached hydrogen (secondary N) is 1. The van der Waals surface area contributed by atoms with Crippen LogP contribution in [0.4, 0.5) is 0 Å². The first-order valence-corrected chi connectivity index (χ1v) is 6.66. The second-order valence-corrected chi connectivity index (χ2v) is 4.74. The first kappa shape index (κ1) is 15.4. The molecule has 0 saturated heterocycles. The van der Waals surface area contributed by atoms with Gasteiger partial charge >= 0.3 is 0 Å². The summed E-state index contributed by atoms with van der Waals surface area (Å²) < 4.78 is 10.7. The van der Waals surface area contributed by atoms with Crippen molar-refractivity contribution in [2.24, 2.45) is 0 Å². The van der Waals surface area contributed by atoms with E-state index in [4.69, 9.17) is 21.1 Å². The van der Waals surface area contributed by atoms with Gasteiger partial charge in [0.05, 0.1) is 12.7 Å². The number of rotatable bonds is 9. The maximum absolute atomic E-state index is 5.91. The summed E-state index contributed by atoms with van der Waals surface area (Å²) in [6, 6.07) is 7.76. The molecule has 0 bridgehead atoms. The van der Waals surface area contributed by atoms with Gasteiger partial charge in [0, 0.05) is 25.3 Å². The van der Waals surface area contributed by atoms with E-state index >= 15 is 0 Å². The highest BCUT2D eigenvalue weighted by Crippen LogP contribution is 2.11. The van der Waals surface area contributed by atoms with E-state index < -0.39 is 0 Å². The first-order chi connectivity index (χ1) is 8.72. The van der Waals surface area contributed by atoms with Gasteiger partial charge in [-0.25, -0.2) is 0 Å². The van der Waals surface area contributed by atoms with E-state index in [2.05, 4.69) is 12.2 Å². The maximum Gasteiger partial charge on any atom is 0.0721 e. The standard InChI is InChI=1S/C14H22ClNO2/c1-12(10-16-7-4-8-17-2)18-11-13-5-3-6-14(15)9-13/h3,5-6,9,12,16H,4,7-8,10-11H2,1-2H3. The first-order valence-electron chi connectivity index (χ1n) is 6.28. The smallest absolute Gasteiger partial charge is 0.0721 e. The molecule has 1 N–H and O–H groups in total. The quantitative estimate of drug-likeness (QED) is 0.701. The van der Waals surface area contributed by atoms with Gasteiger partial charge in [-0.05, 0) is 37.6 Å². The van der Waals surface area contributed by atoms with Gasteiger partial charge in [-0.2, -0.15) is 0 Å². The van der Waals surface area contributed by atoms with E-state index in [1.807, 2.05) is 24.3 Å². The molecule has 1 unspecified atom stereocenters. The molecule has 0 spiro atoms. The highest BCUT2D eigenvalue weighted by molar-refractivity contribution is 6.30. The number of hydrogen-bond acceptors (Lipinski definition) is 3. The van der Waals surface area contributed by atoms with Gasteiger partial charge in [-0.3, -0.25) is 0 Å². The number of hydrogen-bond donors (Lipinski definition) is 1. The molecule has 0 saturated carbocycles. The van der Waals surface area contributed by atoms with Crippen LogP contribution in [0.3, 0.4) is 0 Å². The zero-order chi connectivity index (χ0) is 13.2. The maximum atomic E-state index is 5.91. The van der Waals surface area contributed by atoms with Crippen molar-refractivity contribution in [2.75, 3.05) is 26.8 Å². The zero-order valence-electron chi connectivity index (χ0n) is 11.1. The van der Waals surface area contributed by atoms with Crippen LogP contribution in [0.1, 0.15) is 18.9 Å². The number of halogens is 1. The fourth-order valence-electron chi connectivity index (χ4n) is 1.57. The molecule has 1 aromatic carbocycles. The summed E-state index contributed by atoms with van der Waals surface area (Å²) >= 11 is 5.91. The molecule has 0 amide bonds. The van der Waals surface area contributed by atoms with Crippen molar-refractivity contribution in [1.82, 2.24) is 5.32 Å². The average Bonchev–Trinajstić information content (AvgIpc) is 2.36. The molecule has 1 aromatic rings. The molecule has 0 heterocycles. The molecule has 3 nitrogen and oxygen atoms in total. The lowest BCUT2D eigenvalue weighted by molar-refractivity contribution is 0.0529. The minimum absolute atomic E-state index is 0.187. The average molecular weight is 272 g/mol. The van der Waals surface area contributed by atoms with Crippen molar-refractivity contribution in [3.63, 3.8) is 0 Å². The molecular formula is C14H22ClNO2. The van der Waals surface area contributed by atoms with Crippen LogP contribution in [0.15, 0.2) is 24.3 Å². The lowest BCUT2D eigenvalue weighted by Gasteiger charge is -2.14. The Labute approximate surface area is 114 Å². The van der Waals surface area contributed by atoms with Crippen molar-refractivity contribution < 1.29 is 9.47 Å². The Kier molecular flexibility index (Phi) is 8.01. The Hall–Kier alpha value is -0.610. The summed E-state index contributed by atoms with van der Waals surface area (Å²) in [7, 11) is 1.72. The molecule has 4 heteroatoms. The Morgan fingerprint density at radius 2 is 2.22 bits per heavy atom. The van der Waals surface area contributed by atoms with Gasteiger partial charge in [0.25, 0.3) is 0 Å². The molecule has 0 fully saturated rings. The summed E-state index contributed by atoms with van der Waals surface area (Å²) in [6.45, 7) is 5.27. The largest absolute Gasteiger partial charge is 0.385 e. The van der Waals surface area contributed by atoms with Gasteiger partial charge in [0.15, 0.2) is 0 Å². The van der Waals surface area contributed by atoms with Crippen LogP contribution in [-0.2, 0) is 16.1 Å². The van der Waals surface area contributed by atoms with Crippen LogP contribution >= 0.6 is 11.6 Å². The Morgan fingerprint density at radius 1 is 1.39 bits per heavy atom. The van der Waals surface area contributed by atoms with Crippen LogP contribution in [-0.4, -0.2) is 32.9 Å². The molecule has 0 aliphatic heterocycles. The third-order valence-corrected chi connectivity index (χ3v) is 2.79. The normalized spacial score (nSPS) is 12.6. The highest BCUT2D eigenvalue weighted by atomic mass is 35.5. The number of methoxy groups -OCH3 is 1. The minimum atomic E-state index is 0.187. The fraction of sp³-hybridized carbons (Fsp3) is 0.571. The van der Waals surface area contributed by atoms with Crippen LogP contribution in [0.5, 0.6) is 0 Å². The topological polar surface area (TPSA) is 30.5 Å². The van der Waals surface area contributed by atoms with Crippen molar-refractivity contribution in [3.8, 4) is 0 Å². The Balaban J connectivity index is 2.11. The molecule has 102 valence electrons. The van der Waals surface area contributed by atoms with Crippen molar-refractivity contribution >= 4 is 11.6 Å². The second kappa shape index (κ2) is 9.34. The summed E-state index contributed by atoms with van der Waals surface area (Å²) in [5.41, 5.74) is 1.11. The third kappa shape index (κ3) is 6.97. The van der Waals surface area contributed by atoms with Crippen LogP contribution in [0.2, 0.25) is 5.02 Å². The van der Waals surface area contributed by atoms with E-state index in [1.165, 1.54) is 0 Å². The van der Waals surface area contributed by atoms with E-state index in [9.17, 15) is 0 Å². The molecular weight excluding hydrogens is 250 g/mol. The fourth-order valence-corrected chi connectivity index (χ4v) is 1.78. The van der Waals surface area contributed by atoms with Gasteiger partial charge in [0.2, 0.25) is 0 Å². The monoisotopic (exact) mass is 271 g/mol. The van der Waals surface area contributed by atoms with E-state index in [0.717, 1.165) is 36.7 Å². The van der Waals surface area contributed by atoms with Gasteiger partial charge in [-0.1, -0.05) is 23.7 Å². The van der Waals surface area contributed by atoms with Gasteiger partial charge in [-0.15, -0.1) is 0 Å². The molecule has 18 heavy (non-hydrogen) atoms. The molecule has 0 aliphatic carbocycles. The summed E-state index contributed by atoms with van der Waals surface area (Å²) in [5, 5.41) is 4.09. The summed E-state index contributed by atoms with van der Waals surface area (Å²) in [6.07, 6.45) is 1.21. The van der Waals surface area contributed by atoms with Gasteiger partial charge in [0.1, 0.15) is 0 Å². The Bertz CT molecular complexity index is 333. The molecule has 0 aromatic heterocycles. The third-order valence-electron chi connectivity index (χ3n) is 2.56. The number of ether oxygens (including phenoxy) is 2. The molecule has 1 rings (SSSR count). The van der Waals surface area contributed by atoms with Crippen LogP contribution in [0.25, 0.3) is 0 Å². The minimum Gasteiger partial charge on any atom is -0.385 e.